The van der Waals surface area contributed by atoms with Gasteiger partial charge in [0.25, 0.3) is 0 Å². The summed E-state index contributed by atoms with van der Waals surface area (Å²) in [5, 5.41) is 8.75. The van der Waals surface area contributed by atoms with E-state index in [0.717, 1.165) is 0 Å². The number of rotatable bonds is 6. The first-order chi connectivity index (χ1) is 7.65. The van der Waals surface area contributed by atoms with Crippen molar-refractivity contribution in [3.63, 3.8) is 0 Å². The molecule has 0 aromatic heterocycles. The second-order valence-corrected chi connectivity index (χ2v) is 3.23. The van der Waals surface area contributed by atoms with Gasteiger partial charge in [-0.2, -0.15) is 0 Å². The minimum Gasteiger partial charge on any atom is -0.491 e. The highest BCUT2D eigenvalue weighted by Gasteiger charge is 2.14. The molecule has 5 nitrogen and oxygen atoms in total. The molecular formula is C11H15NO4. The Morgan fingerprint density at radius 2 is 2.25 bits per heavy atom. The molecule has 0 bridgehead atoms. The summed E-state index contributed by atoms with van der Waals surface area (Å²) < 4.78 is 10.2. The summed E-state index contributed by atoms with van der Waals surface area (Å²) >= 11 is 0. The number of carboxylic acids is 1. The van der Waals surface area contributed by atoms with E-state index in [0.29, 0.717) is 24.5 Å². The van der Waals surface area contributed by atoms with Gasteiger partial charge in [0, 0.05) is 7.11 Å². The van der Waals surface area contributed by atoms with Crippen molar-refractivity contribution in [3.05, 3.63) is 29.8 Å². The van der Waals surface area contributed by atoms with Gasteiger partial charge in [-0.15, -0.1) is 0 Å². The Kier molecular flexibility index (Phi) is 4.75. The highest BCUT2D eigenvalue weighted by Crippen LogP contribution is 2.17. The molecule has 0 aliphatic carbocycles. The number of carboxylic acid groups (broad SMARTS) is 1. The summed E-state index contributed by atoms with van der Waals surface area (Å²) in [6, 6.07) is 5.70. The van der Waals surface area contributed by atoms with Crippen LogP contribution in [0.5, 0.6) is 5.75 Å². The van der Waals surface area contributed by atoms with E-state index in [1.807, 2.05) is 0 Å². The molecule has 1 aromatic rings. The van der Waals surface area contributed by atoms with Crippen molar-refractivity contribution in [2.75, 3.05) is 20.3 Å². The lowest BCUT2D eigenvalue weighted by molar-refractivity contribution is -0.138. The largest absolute Gasteiger partial charge is 0.491 e. The van der Waals surface area contributed by atoms with E-state index in [2.05, 4.69) is 0 Å². The SMILES string of the molecule is COCCOc1cccc([C@H](N)C(=O)O)c1. The van der Waals surface area contributed by atoms with Crippen molar-refractivity contribution >= 4 is 5.97 Å². The van der Waals surface area contributed by atoms with E-state index in [-0.39, 0.29) is 0 Å². The summed E-state index contributed by atoms with van der Waals surface area (Å²) in [6.07, 6.45) is 0. The van der Waals surface area contributed by atoms with Crippen LogP contribution < -0.4 is 10.5 Å². The van der Waals surface area contributed by atoms with Gasteiger partial charge in [-0.25, -0.2) is 0 Å². The van der Waals surface area contributed by atoms with Gasteiger partial charge in [0.05, 0.1) is 6.61 Å². The zero-order valence-corrected chi connectivity index (χ0v) is 9.05. The molecule has 16 heavy (non-hydrogen) atoms. The predicted molar refractivity (Wildman–Crippen MR) is 58.4 cm³/mol. The van der Waals surface area contributed by atoms with E-state index < -0.39 is 12.0 Å². The topological polar surface area (TPSA) is 81.8 Å². The van der Waals surface area contributed by atoms with Crippen molar-refractivity contribution in [2.45, 2.75) is 6.04 Å². The quantitative estimate of drug-likeness (QED) is 0.700. The monoisotopic (exact) mass is 225 g/mol. The smallest absolute Gasteiger partial charge is 0.325 e. The van der Waals surface area contributed by atoms with Gasteiger partial charge in [-0.3, -0.25) is 4.79 Å². The average Bonchev–Trinajstić information content (AvgIpc) is 2.29. The molecule has 0 unspecified atom stereocenters. The van der Waals surface area contributed by atoms with Crippen LogP contribution in [0.25, 0.3) is 0 Å². The fraction of sp³-hybridized carbons (Fsp3) is 0.364. The molecule has 5 heteroatoms. The van der Waals surface area contributed by atoms with Gasteiger partial charge in [-0.05, 0) is 17.7 Å². The Hall–Kier alpha value is -1.59. The molecule has 0 aliphatic heterocycles. The van der Waals surface area contributed by atoms with Crippen LogP contribution in [0, 0.1) is 0 Å². The van der Waals surface area contributed by atoms with Crippen LogP contribution in [0.2, 0.25) is 0 Å². The Labute approximate surface area is 93.8 Å². The van der Waals surface area contributed by atoms with Crippen molar-refractivity contribution in [1.29, 1.82) is 0 Å². The third-order valence-electron chi connectivity index (χ3n) is 2.04. The standard InChI is InChI=1S/C11H15NO4/c1-15-5-6-16-9-4-2-3-8(7-9)10(12)11(13)14/h2-4,7,10H,5-6,12H2,1H3,(H,13,14)/t10-/m0/s1. The van der Waals surface area contributed by atoms with Gasteiger partial charge in [0.1, 0.15) is 18.4 Å². The zero-order chi connectivity index (χ0) is 12.0. The summed E-state index contributed by atoms with van der Waals surface area (Å²) in [6.45, 7) is 0.900. The molecule has 3 N–H and O–H groups in total. The van der Waals surface area contributed by atoms with Gasteiger partial charge in [0.2, 0.25) is 0 Å². The lowest BCUT2D eigenvalue weighted by Crippen LogP contribution is -2.20. The van der Waals surface area contributed by atoms with Gasteiger partial charge >= 0.3 is 5.97 Å². The van der Waals surface area contributed by atoms with Crippen LogP contribution >= 0.6 is 0 Å². The predicted octanol–water partition coefficient (Wildman–Crippen LogP) is 0.796. The van der Waals surface area contributed by atoms with Crippen LogP contribution in [0.3, 0.4) is 0 Å². The number of carbonyl (C=O) groups is 1. The number of hydrogen-bond acceptors (Lipinski definition) is 4. The molecule has 0 radical (unpaired) electrons. The first-order valence-electron chi connectivity index (χ1n) is 4.85. The van der Waals surface area contributed by atoms with Gasteiger partial charge in [-0.1, -0.05) is 12.1 Å². The highest BCUT2D eigenvalue weighted by atomic mass is 16.5. The number of ether oxygens (including phenoxy) is 2. The van der Waals surface area contributed by atoms with E-state index >= 15 is 0 Å². The summed E-state index contributed by atoms with van der Waals surface area (Å²) in [4.78, 5) is 10.7. The van der Waals surface area contributed by atoms with E-state index in [1.54, 1.807) is 31.4 Å². The van der Waals surface area contributed by atoms with Crippen LogP contribution in [0.15, 0.2) is 24.3 Å². The molecule has 88 valence electrons. The second-order valence-electron chi connectivity index (χ2n) is 3.23. The van der Waals surface area contributed by atoms with Crippen LogP contribution in [-0.2, 0) is 9.53 Å². The molecule has 0 fully saturated rings. The summed E-state index contributed by atoms with van der Waals surface area (Å²) in [5.41, 5.74) is 6.00. The van der Waals surface area contributed by atoms with Crippen molar-refractivity contribution < 1.29 is 19.4 Å². The van der Waals surface area contributed by atoms with Gasteiger partial charge < -0.3 is 20.3 Å². The van der Waals surface area contributed by atoms with E-state index in [9.17, 15) is 4.79 Å². The molecule has 1 rings (SSSR count). The lowest BCUT2D eigenvalue weighted by Gasteiger charge is -2.10. The Balaban J connectivity index is 2.67. The van der Waals surface area contributed by atoms with E-state index in [1.165, 1.54) is 0 Å². The Morgan fingerprint density at radius 1 is 1.50 bits per heavy atom. The molecular weight excluding hydrogens is 210 g/mol. The Morgan fingerprint density at radius 3 is 2.88 bits per heavy atom. The molecule has 0 aliphatic rings. The van der Waals surface area contributed by atoms with Crippen molar-refractivity contribution in [1.82, 2.24) is 0 Å². The molecule has 0 saturated carbocycles. The van der Waals surface area contributed by atoms with Crippen LogP contribution in [-0.4, -0.2) is 31.4 Å². The van der Waals surface area contributed by atoms with Crippen LogP contribution in [0.1, 0.15) is 11.6 Å². The number of aliphatic carboxylic acids is 1. The number of nitrogens with two attached hydrogens (primary N) is 1. The molecule has 0 heterocycles. The third-order valence-corrected chi connectivity index (χ3v) is 2.04. The van der Waals surface area contributed by atoms with Gasteiger partial charge in [0.15, 0.2) is 0 Å². The maximum atomic E-state index is 10.7. The van der Waals surface area contributed by atoms with E-state index in [4.69, 9.17) is 20.3 Å². The number of hydrogen-bond donors (Lipinski definition) is 2. The molecule has 0 spiro atoms. The zero-order valence-electron chi connectivity index (χ0n) is 9.05. The number of benzene rings is 1. The molecule has 1 atom stereocenters. The average molecular weight is 225 g/mol. The van der Waals surface area contributed by atoms with Crippen LogP contribution in [0.4, 0.5) is 0 Å². The summed E-state index contributed by atoms with van der Waals surface area (Å²) in [7, 11) is 1.58. The molecule has 1 aromatic carbocycles. The minimum absolute atomic E-state index is 0.419. The molecule has 0 amide bonds. The second kappa shape index (κ2) is 6.09. The third kappa shape index (κ3) is 3.52. The lowest BCUT2D eigenvalue weighted by atomic mass is 10.1. The minimum atomic E-state index is -1.06. The molecule has 0 saturated heterocycles. The Bertz CT molecular complexity index is 354. The van der Waals surface area contributed by atoms with Crippen molar-refractivity contribution in [2.24, 2.45) is 5.73 Å². The normalized spacial score (nSPS) is 12.1. The first kappa shape index (κ1) is 12.5. The first-order valence-corrected chi connectivity index (χ1v) is 4.85. The summed E-state index contributed by atoms with van der Waals surface area (Å²) in [5.74, 6) is -0.472. The fourth-order valence-corrected chi connectivity index (χ4v) is 1.18. The highest BCUT2D eigenvalue weighted by molar-refractivity contribution is 5.75. The maximum Gasteiger partial charge on any atom is 0.325 e. The fourth-order valence-electron chi connectivity index (χ4n) is 1.18. The van der Waals surface area contributed by atoms with Crippen molar-refractivity contribution in [3.8, 4) is 5.75 Å². The maximum absolute atomic E-state index is 10.7. The number of methoxy groups -OCH3 is 1.